The Morgan fingerprint density at radius 1 is 1.03 bits per heavy atom. The van der Waals surface area contributed by atoms with E-state index in [0.717, 1.165) is 11.1 Å². The fourth-order valence-corrected chi connectivity index (χ4v) is 3.33. The van der Waals surface area contributed by atoms with Gasteiger partial charge in [-0.3, -0.25) is 10.4 Å². The number of nitrogens with zero attached hydrogens (tertiary/aromatic N) is 6. The molecule has 0 aliphatic rings. The number of hydrogen-bond donors (Lipinski definition) is 1. The minimum Gasteiger partial charge on any atom is -0.261 e. The van der Waals surface area contributed by atoms with E-state index in [4.69, 9.17) is 0 Å². The summed E-state index contributed by atoms with van der Waals surface area (Å²) in [4.78, 5) is 12.8. The predicted octanol–water partition coefficient (Wildman–Crippen LogP) is 4.24. The highest BCUT2D eigenvalue weighted by molar-refractivity contribution is 5.97. The molecule has 5 rings (SSSR count). The predicted molar refractivity (Wildman–Crippen MR) is 118 cm³/mol. The highest BCUT2D eigenvalue weighted by Crippen LogP contribution is 2.20. The lowest BCUT2D eigenvalue weighted by molar-refractivity contribution is 0.614. The third-order valence-corrected chi connectivity index (χ3v) is 4.95. The Morgan fingerprint density at radius 3 is 2.81 bits per heavy atom. The van der Waals surface area contributed by atoms with Crippen LogP contribution in [-0.2, 0) is 6.42 Å². The standard InChI is InChI=1S/C23H18FN7/c1-15(28-29-22-6-2-3-9-26-22)20-7-8-23-27-14-18(31(23)30-20)12-17-11-16-5-4-10-25-21(16)13-19(17)24/h2-11,13-14H,12H2,1H3,(H,26,29)/b28-15+. The summed E-state index contributed by atoms with van der Waals surface area (Å²) in [5.41, 5.74) is 6.96. The molecule has 8 heteroatoms. The lowest BCUT2D eigenvalue weighted by atomic mass is 10.1. The third-order valence-electron chi connectivity index (χ3n) is 4.95. The van der Waals surface area contributed by atoms with Gasteiger partial charge >= 0.3 is 0 Å². The second-order valence-corrected chi connectivity index (χ2v) is 7.08. The van der Waals surface area contributed by atoms with Crippen LogP contribution in [0, 0.1) is 5.82 Å². The number of imidazole rings is 1. The molecular weight excluding hydrogens is 393 g/mol. The fourth-order valence-electron chi connectivity index (χ4n) is 3.33. The van der Waals surface area contributed by atoms with Gasteiger partial charge in [0.15, 0.2) is 5.65 Å². The number of halogens is 1. The maximum Gasteiger partial charge on any atom is 0.153 e. The van der Waals surface area contributed by atoms with Gasteiger partial charge in [0.25, 0.3) is 0 Å². The molecule has 0 radical (unpaired) electrons. The van der Waals surface area contributed by atoms with Crippen molar-refractivity contribution in [3.8, 4) is 0 Å². The molecule has 4 aromatic heterocycles. The molecule has 0 spiro atoms. The van der Waals surface area contributed by atoms with Crippen LogP contribution in [0.1, 0.15) is 23.9 Å². The van der Waals surface area contributed by atoms with Gasteiger partial charge in [-0.2, -0.15) is 10.2 Å². The van der Waals surface area contributed by atoms with Crippen molar-refractivity contribution in [2.45, 2.75) is 13.3 Å². The number of hydrogen-bond acceptors (Lipinski definition) is 6. The summed E-state index contributed by atoms with van der Waals surface area (Å²) in [6, 6.07) is 16.3. The number of aromatic nitrogens is 5. The van der Waals surface area contributed by atoms with Gasteiger partial charge in [-0.05, 0) is 48.9 Å². The molecule has 0 saturated carbocycles. The number of pyridine rings is 2. The Morgan fingerprint density at radius 2 is 1.94 bits per heavy atom. The maximum absolute atomic E-state index is 14.7. The summed E-state index contributed by atoms with van der Waals surface area (Å²) in [6.07, 6.45) is 5.43. The second kappa shape index (κ2) is 7.91. The van der Waals surface area contributed by atoms with Crippen LogP contribution in [0.25, 0.3) is 16.6 Å². The number of nitrogens with one attached hydrogen (secondary N) is 1. The summed E-state index contributed by atoms with van der Waals surface area (Å²) in [5.74, 6) is 0.349. The van der Waals surface area contributed by atoms with Crippen molar-refractivity contribution in [1.82, 2.24) is 24.6 Å². The molecule has 7 nitrogen and oxygen atoms in total. The number of fused-ring (bicyclic) bond motifs is 2. The average molecular weight is 411 g/mol. The van der Waals surface area contributed by atoms with Crippen molar-refractivity contribution in [2.75, 3.05) is 5.43 Å². The van der Waals surface area contributed by atoms with Crippen molar-refractivity contribution in [3.63, 3.8) is 0 Å². The number of anilines is 1. The first-order valence-electron chi connectivity index (χ1n) is 9.76. The summed E-state index contributed by atoms with van der Waals surface area (Å²) in [6.45, 7) is 1.86. The summed E-state index contributed by atoms with van der Waals surface area (Å²) < 4.78 is 16.4. The summed E-state index contributed by atoms with van der Waals surface area (Å²) in [5, 5.41) is 9.92. The molecular formula is C23H18FN7. The molecule has 0 saturated heterocycles. The molecule has 1 aromatic carbocycles. The summed E-state index contributed by atoms with van der Waals surface area (Å²) >= 11 is 0. The Kier molecular flexibility index (Phi) is 4.80. The Bertz CT molecular complexity index is 1410. The zero-order valence-corrected chi connectivity index (χ0v) is 16.7. The molecule has 0 fully saturated rings. The van der Waals surface area contributed by atoms with Crippen LogP contribution < -0.4 is 5.43 Å². The molecule has 31 heavy (non-hydrogen) atoms. The van der Waals surface area contributed by atoms with E-state index in [0.29, 0.717) is 40.4 Å². The van der Waals surface area contributed by atoms with Crippen LogP contribution in [0.3, 0.4) is 0 Å². The highest BCUT2D eigenvalue weighted by Gasteiger charge is 2.12. The Hall–Kier alpha value is -4.20. The van der Waals surface area contributed by atoms with Gasteiger partial charge in [0.2, 0.25) is 0 Å². The smallest absolute Gasteiger partial charge is 0.153 e. The third kappa shape index (κ3) is 3.83. The van der Waals surface area contributed by atoms with Crippen molar-refractivity contribution >= 4 is 28.1 Å². The molecule has 0 aliphatic heterocycles. The van der Waals surface area contributed by atoms with Crippen LogP contribution in [0.5, 0.6) is 0 Å². The quantitative estimate of drug-likeness (QED) is 0.346. The Balaban J connectivity index is 1.46. The van der Waals surface area contributed by atoms with Crippen molar-refractivity contribution in [3.05, 3.63) is 96.0 Å². The first kappa shape index (κ1) is 18.8. The van der Waals surface area contributed by atoms with Gasteiger partial charge in [-0.15, -0.1) is 0 Å². The van der Waals surface area contributed by atoms with E-state index in [1.54, 1.807) is 23.1 Å². The van der Waals surface area contributed by atoms with E-state index >= 15 is 0 Å². The van der Waals surface area contributed by atoms with Gasteiger partial charge in [0.05, 0.1) is 23.1 Å². The monoisotopic (exact) mass is 411 g/mol. The van der Waals surface area contributed by atoms with E-state index in [9.17, 15) is 4.39 Å². The molecule has 4 heterocycles. The molecule has 0 atom stereocenters. The van der Waals surface area contributed by atoms with Gasteiger partial charge in [0, 0.05) is 30.3 Å². The van der Waals surface area contributed by atoms with Gasteiger partial charge in [-0.25, -0.2) is 18.9 Å². The van der Waals surface area contributed by atoms with Crippen molar-refractivity contribution < 1.29 is 4.39 Å². The topological polar surface area (TPSA) is 80.4 Å². The molecule has 152 valence electrons. The second-order valence-electron chi connectivity index (χ2n) is 7.08. The molecule has 5 aromatic rings. The summed E-state index contributed by atoms with van der Waals surface area (Å²) in [7, 11) is 0. The van der Waals surface area contributed by atoms with E-state index in [-0.39, 0.29) is 5.82 Å². The number of rotatable bonds is 5. The highest BCUT2D eigenvalue weighted by atomic mass is 19.1. The minimum absolute atomic E-state index is 0.297. The van der Waals surface area contributed by atoms with Crippen LogP contribution in [-0.4, -0.2) is 30.3 Å². The lowest BCUT2D eigenvalue weighted by Gasteiger charge is -2.07. The minimum atomic E-state index is -0.297. The van der Waals surface area contributed by atoms with Crippen molar-refractivity contribution in [1.29, 1.82) is 0 Å². The number of hydrazone groups is 1. The molecule has 0 amide bonds. The van der Waals surface area contributed by atoms with E-state index < -0.39 is 0 Å². The first-order chi connectivity index (χ1) is 15.2. The van der Waals surface area contributed by atoms with E-state index in [2.05, 4.69) is 30.6 Å². The SMILES string of the molecule is C/C(=N\Nc1ccccn1)c1ccc2ncc(Cc3cc4cccnc4cc3F)n2n1. The van der Waals surface area contributed by atoms with Crippen LogP contribution in [0.4, 0.5) is 10.2 Å². The van der Waals surface area contributed by atoms with Gasteiger partial charge in [0.1, 0.15) is 17.3 Å². The maximum atomic E-state index is 14.7. The van der Waals surface area contributed by atoms with Crippen LogP contribution in [0.15, 0.2) is 78.3 Å². The van der Waals surface area contributed by atoms with E-state index in [1.807, 2.05) is 55.5 Å². The molecule has 0 unspecified atom stereocenters. The largest absolute Gasteiger partial charge is 0.261 e. The number of benzene rings is 1. The Labute approximate surface area is 177 Å². The van der Waals surface area contributed by atoms with Crippen LogP contribution in [0.2, 0.25) is 0 Å². The average Bonchev–Trinajstić information content (AvgIpc) is 3.20. The zero-order valence-electron chi connectivity index (χ0n) is 16.7. The van der Waals surface area contributed by atoms with Crippen molar-refractivity contribution in [2.24, 2.45) is 5.10 Å². The molecule has 0 aliphatic carbocycles. The van der Waals surface area contributed by atoms with Crippen LogP contribution >= 0.6 is 0 Å². The normalized spacial score (nSPS) is 11.9. The van der Waals surface area contributed by atoms with Gasteiger partial charge < -0.3 is 0 Å². The fraction of sp³-hybridized carbons (Fsp3) is 0.0870. The zero-order chi connectivity index (χ0) is 21.2. The lowest BCUT2D eigenvalue weighted by Crippen LogP contribution is -2.08. The molecule has 1 N–H and O–H groups in total. The van der Waals surface area contributed by atoms with E-state index in [1.165, 1.54) is 6.07 Å². The molecule has 0 bridgehead atoms. The van der Waals surface area contributed by atoms with Gasteiger partial charge in [-0.1, -0.05) is 12.1 Å². The first-order valence-corrected chi connectivity index (χ1v) is 9.76.